The quantitative estimate of drug-likeness (QED) is 0.221. The summed E-state index contributed by atoms with van der Waals surface area (Å²) in [5, 5.41) is 1.57. The minimum atomic E-state index is -1.11. The van der Waals surface area contributed by atoms with Crippen LogP contribution in [-0.4, -0.2) is 44.7 Å². The number of aryl methyl sites for hydroxylation is 3. The summed E-state index contributed by atoms with van der Waals surface area (Å²) in [6.45, 7) is 14.8. The predicted molar refractivity (Wildman–Crippen MR) is 166 cm³/mol. The van der Waals surface area contributed by atoms with Crippen LogP contribution in [0.5, 0.6) is 0 Å². The number of benzene rings is 2. The van der Waals surface area contributed by atoms with Crippen LogP contribution >= 0.6 is 11.6 Å². The van der Waals surface area contributed by atoms with E-state index in [-0.39, 0.29) is 6.61 Å². The van der Waals surface area contributed by atoms with Crippen LogP contribution in [0.1, 0.15) is 61.9 Å². The van der Waals surface area contributed by atoms with Crippen LogP contribution in [0.4, 0.5) is 4.79 Å². The summed E-state index contributed by atoms with van der Waals surface area (Å²) >= 11 is 6.30. The van der Waals surface area contributed by atoms with Gasteiger partial charge in [0.1, 0.15) is 12.3 Å². The van der Waals surface area contributed by atoms with E-state index in [1.54, 1.807) is 0 Å². The van der Waals surface area contributed by atoms with Gasteiger partial charge < -0.3 is 14.0 Å². The van der Waals surface area contributed by atoms with E-state index in [2.05, 4.69) is 25.3 Å². The monoisotopic (exact) mass is 587 g/mol. The van der Waals surface area contributed by atoms with E-state index in [1.165, 1.54) is 4.90 Å². The minimum absolute atomic E-state index is 0.125. The van der Waals surface area contributed by atoms with Crippen LogP contribution in [0, 0.1) is 20.8 Å². The summed E-state index contributed by atoms with van der Waals surface area (Å²) in [6, 6.07) is 16.9. The zero-order chi connectivity index (χ0) is 30.3. The molecular formula is C34H38ClN3O4. The number of cyclic esters (lactones) is 1. The van der Waals surface area contributed by atoms with Crippen molar-refractivity contribution in [2.24, 2.45) is 0 Å². The number of hydrogen-bond donors (Lipinski definition) is 0. The molecule has 1 aliphatic rings. The number of halogens is 1. The fourth-order valence-electron chi connectivity index (χ4n) is 5.90. The van der Waals surface area contributed by atoms with E-state index in [0.29, 0.717) is 22.7 Å². The average molecular weight is 588 g/mol. The number of carbonyl (C=O) groups excluding carboxylic acids is 2. The van der Waals surface area contributed by atoms with E-state index < -0.39 is 29.7 Å². The molecule has 2 aromatic carbocycles. The largest absolute Gasteiger partial charge is 0.447 e. The van der Waals surface area contributed by atoms with Crippen LogP contribution in [0.3, 0.4) is 0 Å². The Labute approximate surface area is 252 Å². The molecular weight excluding hydrogens is 550 g/mol. The standard InChI is InChI=1S/C34H38ClN3O4/c1-8-37-22(4)20(2)27-29(24-14-16-25(35)17-15-24)28(21(3)36-31(27)37)30(42-34(5,6)7)32(39)38-26(19-41-33(38)40)18-23-12-10-9-11-13-23/h9-17,26,30H,8,18-19H2,1-7H3/t26-,30+/m1/s1. The van der Waals surface area contributed by atoms with Crippen molar-refractivity contribution in [2.75, 3.05) is 6.61 Å². The third-order valence-electron chi connectivity index (χ3n) is 7.90. The summed E-state index contributed by atoms with van der Waals surface area (Å²) in [6.07, 6.45) is -1.29. The van der Waals surface area contributed by atoms with Crippen LogP contribution in [-0.2, 0) is 27.2 Å². The van der Waals surface area contributed by atoms with Crippen molar-refractivity contribution in [1.82, 2.24) is 14.5 Å². The van der Waals surface area contributed by atoms with Crippen molar-refractivity contribution < 1.29 is 19.1 Å². The lowest BCUT2D eigenvalue weighted by Gasteiger charge is -2.32. The lowest BCUT2D eigenvalue weighted by molar-refractivity contribution is -0.152. The molecule has 3 heterocycles. The van der Waals surface area contributed by atoms with Crippen molar-refractivity contribution >= 4 is 34.6 Å². The zero-order valence-electron chi connectivity index (χ0n) is 25.3. The lowest BCUT2D eigenvalue weighted by Crippen LogP contribution is -2.45. The van der Waals surface area contributed by atoms with Crippen molar-refractivity contribution in [1.29, 1.82) is 0 Å². The van der Waals surface area contributed by atoms with Gasteiger partial charge in [0.25, 0.3) is 5.91 Å². The van der Waals surface area contributed by atoms with E-state index in [1.807, 2.05) is 82.3 Å². The van der Waals surface area contributed by atoms with Gasteiger partial charge in [-0.05, 0) is 83.7 Å². The highest BCUT2D eigenvalue weighted by Crippen LogP contribution is 2.43. The molecule has 1 fully saturated rings. The molecule has 2 atom stereocenters. The molecule has 8 heteroatoms. The van der Waals surface area contributed by atoms with Gasteiger partial charge in [0.15, 0.2) is 6.10 Å². The number of fused-ring (bicyclic) bond motifs is 1. The normalized spacial score (nSPS) is 16.2. The molecule has 0 N–H and O–H groups in total. The maximum absolute atomic E-state index is 14.6. The molecule has 0 aliphatic carbocycles. The Bertz CT molecular complexity index is 1640. The second kappa shape index (κ2) is 11.5. The van der Waals surface area contributed by atoms with E-state index >= 15 is 0 Å². The number of amides is 2. The lowest BCUT2D eigenvalue weighted by atomic mass is 9.90. The van der Waals surface area contributed by atoms with E-state index in [4.69, 9.17) is 26.1 Å². The van der Waals surface area contributed by atoms with Crippen LogP contribution in [0.15, 0.2) is 54.6 Å². The summed E-state index contributed by atoms with van der Waals surface area (Å²) in [5.74, 6) is -0.461. The van der Waals surface area contributed by atoms with Gasteiger partial charge in [-0.3, -0.25) is 4.79 Å². The molecule has 2 aromatic heterocycles. The minimum Gasteiger partial charge on any atom is -0.447 e. The number of nitrogens with zero attached hydrogens (tertiary/aromatic N) is 3. The summed E-state index contributed by atoms with van der Waals surface area (Å²) < 4.78 is 14.2. The highest BCUT2D eigenvalue weighted by molar-refractivity contribution is 6.30. The number of rotatable bonds is 7. The molecule has 0 radical (unpaired) electrons. The van der Waals surface area contributed by atoms with Gasteiger partial charge in [-0.15, -0.1) is 0 Å². The fraction of sp³-hybridized carbons (Fsp3) is 0.382. The van der Waals surface area contributed by atoms with Crippen LogP contribution < -0.4 is 0 Å². The van der Waals surface area contributed by atoms with Crippen LogP contribution in [0.2, 0.25) is 5.02 Å². The number of ether oxygens (including phenoxy) is 2. The van der Waals surface area contributed by atoms with Gasteiger partial charge in [-0.2, -0.15) is 0 Å². The molecule has 0 unspecified atom stereocenters. The Morgan fingerprint density at radius 3 is 2.38 bits per heavy atom. The topological polar surface area (TPSA) is 73.7 Å². The Morgan fingerprint density at radius 2 is 1.76 bits per heavy atom. The molecule has 7 nitrogen and oxygen atoms in total. The smallest absolute Gasteiger partial charge is 0.417 e. The Morgan fingerprint density at radius 1 is 1.10 bits per heavy atom. The first-order valence-electron chi connectivity index (χ1n) is 14.4. The third kappa shape index (κ3) is 5.55. The molecule has 1 saturated heterocycles. The van der Waals surface area contributed by atoms with Gasteiger partial charge in [-0.1, -0.05) is 54.1 Å². The molecule has 0 saturated carbocycles. The van der Waals surface area contributed by atoms with Gasteiger partial charge in [0.2, 0.25) is 0 Å². The number of carbonyl (C=O) groups is 2. The predicted octanol–water partition coefficient (Wildman–Crippen LogP) is 7.75. The SMILES string of the molecule is CCn1c(C)c(C)c2c(-c3ccc(Cl)cc3)c([C@H](OC(C)(C)C)C(=O)N3C(=O)OC[C@H]3Cc3ccccc3)c(C)nc21. The number of imide groups is 1. The highest BCUT2D eigenvalue weighted by atomic mass is 35.5. The molecule has 5 rings (SSSR count). The molecule has 0 spiro atoms. The Hall–Kier alpha value is -3.68. The highest BCUT2D eigenvalue weighted by Gasteiger charge is 2.44. The maximum atomic E-state index is 14.6. The van der Waals surface area contributed by atoms with Crippen LogP contribution in [0.25, 0.3) is 22.2 Å². The van der Waals surface area contributed by atoms with Crippen molar-refractivity contribution in [3.8, 4) is 11.1 Å². The first kappa shape index (κ1) is 29.8. The van der Waals surface area contributed by atoms with Crippen molar-refractivity contribution in [3.63, 3.8) is 0 Å². The van der Waals surface area contributed by atoms with Gasteiger partial charge in [-0.25, -0.2) is 14.7 Å². The number of pyridine rings is 1. The number of hydrogen-bond acceptors (Lipinski definition) is 5. The van der Waals surface area contributed by atoms with E-state index in [9.17, 15) is 9.59 Å². The van der Waals surface area contributed by atoms with Gasteiger partial charge in [0.05, 0.1) is 11.6 Å². The number of aromatic nitrogens is 2. The first-order valence-corrected chi connectivity index (χ1v) is 14.8. The Balaban J connectivity index is 1.74. The third-order valence-corrected chi connectivity index (χ3v) is 8.16. The maximum Gasteiger partial charge on any atom is 0.417 e. The molecule has 42 heavy (non-hydrogen) atoms. The molecule has 4 aromatic rings. The van der Waals surface area contributed by atoms with Crippen molar-refractivity contribution in [3.05, 3.63) is 87.7 Å². The molecule has 0 bridgehead atoms. The second-order valence-electron chi connectivity index (χ2n) is 11.9. The summed E-state index contributed by atoms with van der Waals surface area (Å²) in [4.78, 5) is 34.1. The van der Waals surface area contributed by atoms with Gasteiger partial charge >= 0.3 is 6.09 Å². The van der Waals surface area contributed by atoms with Crippen molar-refractivity contribution in [2.45, 2.75) is 79.2 Å². The molecule has 2 amide bonds. The molecule has 1 aliphatic heterocycles. The second-order valence-corrected chi connectivity index (χ2v) is 12.3. The van der Waals surface area contributed by atoms with Gasteiger partial charge in [0, 0.05) is 39.5 Å². The fourth-order valence-corrected chi connectivity index (χ4v) is 6.02. The summed E-state index contributed by atoms with van der Waals surface area (Å²) in [5.41, 5.74) is 6.39. The Kier molecular flexibility index (Phi) is 8.19. The average Bonchev–Trinajstić information content (AvgIpc) is 3.42. The first-order chi connectivity index (χ1) is 19.9. The van der Waals surface area contributed by atoms with E-state index in [0.717, 1.165) is 45.5 Å². The summed E-state index contributed by atoms with van der Waals surface area (Å²) in [7, 11) is 0. The molecule has 220 valence electrons. The zero-order valence-corrected chi connectivity index (χ0v) is 26.1.